The predicted octanol–water partition coefficient (Wildman–Crippen LogP) is 6.92. The minimum absolute atomic E-state index is 0.0228. The topological polar surface area (TPSA) is 52.0 Å². The molecule has 6 heteroatoms. The van der Waals surface area contributed by atoms with Crippen molar-refractivity contribution in [2.45, 2.75) is 46.9 Å². The fraction of sp³-hybridized carbons (Fsp3) is 0.333. The second-order valence-electron chi connectivity index (χ2n) is 9.62. The lowest BCUT2D eigenvalue weighted by Gasteiger charge is -2.40. The van der Waals surface area contributed by atoms with Gasteiger partial charge in [-0.25, -0.2) is 14.6 Å². The van der Waals surface area contributed by atoms with Gasteiger partial charge in [0.05, 0.1) is 11.8 Å². The highest BCUT2D eigenvalue weighted by Gasteiger charge is 2.36. The first-order chi connectivity index (χ1) is 15.8. The summed E-state index contributed by atoms with van der Waals surface area (Å²) in [5.41, 5.74) is 8.91. The maximum Gasteiger partial charge on any atom is 0.205 e. The van der Waals surface area contributed by atoms with E-state index in [9.17, 15) is 0 Å². The smallest absolute Gasteiger partial charge is 0.205 e. The molecule has 0 saturated heterocycles. The lowest BCUT2D eigenvalue weighted by molar-refractivity contribution is 0.0357. The summed E-state index contributed by atoms with van der Waals surface area (Å²) in [5.74, 6) is 1.30. The van der Waals surface area contributed by atoms with E-state index in [1.807, 2.05) is 35.3 Å². The van der Waals surface area contributed by atoms with E-state index in [1.54, 1.807) is 6.33 Å². The molecular weight excluding hydrogens is 424 g/mol. The molecular formula is C27H33N4OSi. The summed E-state index contributed by atoms with van der Waals surface area (Å²) in [5, 5.41) is 0. The van der Waals surface area contributed by atoms with Gasteiger partial charge in [-0.3, -0.25) is 5.43 Å². The maximum atomic E-state index is 6.61. The Morgan fingerprint density at radius 1 is 0.939 bits per heavy atom. The van der Waals surface area contributed by atoms with Gasteiger partial charge in [0, 0.05) is 29.1 Å². The third kappa shape index (κ3) is 4.72. The zero-order valence-electron chi connectivity index (χ0n) is 20.3. The van der Waals surface area contributed by atoms with Crippen molar-refractivity contribution in [3.63, 3.8) is 0 Å². The highest BCUT2D eigenvalue weighted by atomic mass is 28.3. The average molecular weight is 458 g/mol. The molecule has 0 bridgehead atoms. The van der Waals surface area contributed by atoms with Crippen molar-refractivity contribution in [3.05, 3.63) is 78.9 Å². The summed E-state index contributed by atoms with van der Waals surface area (Å²) in [4.78, 5) is 9.23. The monoisotopic (exact) mass is 457 g/mol. The summed E-state index contributed by atoms with van der Waals surface area (Å²) in [6.07, 6.45) is 5.55. The van der Waals surface area contributed by atoms with Crippen LogP contribution in [0.25, 0.3) is 22.5 Å². The molecule has 171 valence electrons. The van der Waals surface area contributed by atoms with Crippen LogP contribution in [0.4, 0.5) is 5.69 Å². The van der Waals surface area contributed by atoms with E-state index in [1.165, 1.54) is 0 Å². The molecule has 1 N–H and O–H groups in total. The molecule has 33 heavy (non-hydrogen) atoms. The molecule has 1 atom stereocenters. The first-order valence-electron chi connectivity index (χ1n) is 11.5. The highest BCUT2D eigenvalue weighted by Crippen LogP contribution is 2.45. The summed E-state index contributed by atoms with van der Waals surface area (Å²) < 4.78 is 8.52. The average Bonchev–Trinajstić information content (AvgIpc) is 3.23. The van der Waals surface area contributed by atoms with Crippen LogP contribution in [0.1, 0.15) is 39.4 Å². The van der Waals surface area contributed by atoms with Crippen molar-refractivity contribution in [1.82, 2.24) is 14.6 Å². The summed E-state index contributed by atoms with van der Waals surface area (Å²) >= 11 is 0. The largest absolute Gasteiger partial charge is 0.410 e. The van der Waals surface area contributed by atoms with Crippen LogP contribution in [-0.2, 0) is 4.43 Å². The Morgan fingerprint density at radius 3 is 2.33 bits per heavy atom. The zero-order valence-corrected chi connectivity index (χ0v) is 21.3. The summed E-state index contributed by atoms with van der Waals surface area (Å²) in [6, 6.07) is 18.7. The Balaban J connectivity index is 1.72. The molecule has 2 aromatic rings. The molecule has 0 spiro atoms. The SMILES string of the molecule is CC(C)C(C)(C)C(O[Si](C)C)c1ccccc1Nn1cncc2c(-c3ccccc3)cnc1-2. The number of nitrogens with zero attached hydrogens (tertiary/aromatic N) is 3. The fourth-order valence-corrected chi connectivity index (χ4v) is 4.88. The van der Waals surface area contributed by atoms with Gasteiger partial charge in [0.2, 0.25) is 9.04 Å². The molecule has 1 radical (unpaired) electrons. The number of aromatic nitrogens is 3. The summed E-state index contributed by atoms with van der Waals surface area (Å²) in [7, 11) is -0.905. The van der Waals surface area contributed by atoms with E-state index in [4.69, 9.17) is 9.41 Å². The molecule has 4 rings (SSSR count). The lowest BCUT2D eigenvalue weighted by Crippen LogP contribution is -2.33. The highest BCUT2D eigenvalue weighted by molar-refractivity contribution is 6.48. The van der Waals surface area contributed by atoms with Crippen LogP contribution in [0.3, 0.4) is 0 Å². The van der Waals surface area contributed by atoms with Crippen molar-refractivity contribution >= 4 is 14.7 Å². The number of rotatable bonds is 8. The molecule has 0 fully saturated rings. The molecule has 2 aromatic carbocycles. The van der Waals surface area contributed by atoms with E-state index in [0.29, 0.717) is 5.92 Å². The number of hydrogen-bond donors (Lipinski definition) is 1. The van der Waals surface area contributed by atoms with Gasteiger partial charge in [-0.05, 0) is 36.1 Å². The van der Waals surface area contributed by atoms with Gasteiger partial charge >= 0.3 is 0 Å². The van der Waals surface area contributed by atoms with E-state index in [0.717, 1.165) is 33.8 Å². The molecule has 2 aliphatic heterocycles. The first kappa shape index (κ1) is 23.2. The van der Waals surface area contributed by atoms with Gasteiger partial charge < -0.3 is 4.43 Å². The van der Waals surface area contributed by atoms with E-state index >= 15 is 0 Å². The van der Waals surface area contributed by atoms with Crippen LogP contribution in [0, 0.1) is 11.3 Å². The number of fused-ring (bicyclic) bond motifs is 1. The predicted molar refractivity (Wildman–Crippen MR) is 137 cm³/mol. The molecule has 5 nitrogen and oxygen atoms in total. The van der Waals surface area contributed by atoms with Crippen LogP contribution >= 0.6 is 0 Å². The number of para-hydroxylation sites is 1. The molecule has 1 unspecified atom stereocenters. The van der Waals surface area contributed by atoms with Gasteiger partial charge in [0.25, 0.3) is 0 Å². The van der Waals surface area contributed by atoms with E-state index < -0.39 is 9.04 Å². The number of nitrogens with one attached hydrogen (secondary N) is 1. The van der Waals surface area contributed by atoms with Crippen LogP contribution < -0.4 is 5.43 Å². The second kappa shape index (κ2) is 9.49. The Morgan fingerprint density at radius 2 is 1.64 bits per heavy atom. The molecule has 0 saturated carbocycles. The number of hydrogen-bond acceptors (Lipinski definition) is 4. The van der Waals surface area contributed by atoms with Crippen LogP contribution in [0.5, 0.6) is 0 Å². The first-order valence-corrected chi connectivity index (χ1v) is 13.9. The minimum Gasteiger partial charge on any atom is -0.410 e. The van der Waals surface area contributed by atoms with Gasteiger partial charge in [-0.2, -0.15) is 0 Å². The molecule has 0 amide bonds. The van der Waals surface area contributed by atoms with Crippen LogP contribution in [0.15, 0.2) is 73.3 Å². The number of benzene rings is 2. The Bertz CT molecular complexity index is 1170. The zero-order chi connectivity index (χ0) is 23.6. The third-order valence-electron chi connectivity index (χ3n) is 6.55. The molecule has 0 aromatic heterocycles. The van der Waals surface area contributed by atoms with E-state index in [2.05, 4.69) is 87.6 Å². The van der Waals surface area contributed by atoms with Crippen LogP contribution in [0.2, 0.25) is 13.1 Å². The van der Waals surface area contributed by atoms with Gasteiger partial charge in [-0.15, -0.1) is 0 Å². The Kier molecular flexibility index (Phi) is 6.67. The Hall–Kier alpha value is -2.96. The van der Waals surface area contributed by atoms with Crippen molar-refractivity contribution in [3.8, 4) is 22.5 Å². The molecule has 2 aliphatic rings. The van der Waals surface area contributed by atoms with Gasteiger partial charge in [-0.1, -0.05) is 76.2 Å². The number of anilines is 1. The van der Waals surface area contributed by atoms with Crippen molar-refractivity contribution < 1.29 is 4.43 Å². The van der Waals surface area contributed by atoms with Crippen molar-refractivity contribution in [2.24, 2.45) is 11.3 Å². The normalized spacial score (nSPS) is 13.1. The molecule has 2 heterocycles. The lowest BCUT2D eigenvalue weighted by atomic mass is 9.73. The van der Waals surface area contributed by atoms with E-state index in [-0.39, 0.29) is 11.5 Å². The quantitative estimate of drug-likeness (QED) is 0.292. The van der Waals surface area contributed by atoms with Gasteiger partial charge in [0.1, 0.15) is 6.33 Å². The van der Waals surface area contributed by atoms with Crippen molar-refractivity contribution in [1.29, 1.82) is 0 Å². The second-order valence-corrected chi connectivity index (χ2v) is 11.7. The van der Waals surface area contributed by atoms with Gasteiger partial charge in [0.15, 0.2) is 5.82 Å². The third-order valence-corrected chi connectivity index (χ3v) is 7.25. The minimum atomic E-state index is -0.905. The fourth-order valence-electron chi connectivity index (χ4n) is 3.98. The summed E-state index contributed by atoms with van der Waals surface area (Å²) in [6.45, 7) is 13.5. The molecule has 0 aliphatic carbocycles. The maximum absolute atomic E-state index is 6.61. The van der Waals surface area contributed by atoms with Crippen molar-refractivity contribution in [2.75, 3.05) is 5.43 Å². The Labute approximate surface area is 198 Å². The standard InChI is InChI=1S/C27H33N4OSi/c1-19(2)27(3,4)25(32-33(5)6)21-14-10-11-15-24(21)30-31-18-28-16-23-22(17-29-26(23)31)20-12-8-7-9-13-20/h7-19,25,30H,1-6H3. The van der Waals surface area contributed by atoms with Crippen LogP contribution in [-0.4, -0.2) is 23.7 Å².